The molecule has 0 saturated carbocycles. The van der Waals surface area contributed by atoms with E-state index in [4.69, 9.17) is 0 Å². The van der Waals surface area contributed by atoms with Crippen molar-refractivity contribution in [1.29, 1.82) is 0 Å². The zero-order valence-corrected chi connectivity index (χ0v) is 8.59. The minimum absolute atomic E-state index is 1.07. The van der Waals surface area contributed by atoms with Crippen molar-refractivity contribution in [2.24, 2.45) is 0 Å². The average Bonchev–Trinajstić information content (AvgIpc) is 2.47. The maximum atomic E-state index is 9.67. The summed E-state index contributed by atoms with van der Waals surface area (Å²) >= 11 is 0. The lowest BCUT2D eigenvalue weighted by Crippen LogP contribution is -2.23. The van der Waals surface area contributed by atoms with Crippen LogP contribution >= 0.6 is 0 Å². The van der Waals surface area contributed by atoms with Crippen LogP contribution in [0.15, 0.2) is 12.4 Å². The Morgan fingerprint density at radius 3 is 2.21 bits per heavy atom. The maximum Gasteiger partial charge on any atom is 0.762 e. The SMILES string of the molecule is CCCCN1C=CN(C)C1.FB(F)F. The lowest BCUT2D eigenvalue weighted by Gasteiger charge is -2.17. The fraction of sp³-hybridized carbons (Fsp3) is 0.750. The number of nitrogens with zero attached hydrogens (tertiary/aromatic N) is 2. The Kier molecular flexibility index (Phi) is 7.15. The molecule has 0 unspecified atom stereocenters. The van der Waals surface area contributed by atoms with Crippen LogP contribution < -0.4 is 0 Å². The van der Waals surface area contributed by atoms with Crippen LogP contribution in [0.5, 0.6) is 0 Å². The van der Waals surface area contributed by atoms with Gasteiger partial charge in [-0.3, -0.25) is 12.9 Å². The second kappa shape index (κ2) is 7.59. The van der Waals surface area contributed by atoms with E-state index in [0.717, 1.165) is 6.67 Å². The Bertz CT molecular complexity index is 164. The first kappa shape index (κ1) is 13.2. The largest absolute Gasteiger partial charge is 0.762 e. The van der Waals surface area contributed by atoms with Crippen molar-refractivity contribution < 1.29 is 12.9 Å². The van der Waals surface area contributed by atoms with Crippen molar-refractivity contribution in [3.05, 3.63) is 12.4 Å². The number of hydrogen-bond donors (Lipinski definition) is 0. The minimum atomic E-state index is -3.67. The van der Waals surface area contributed by atoms with Gasteiger partial charge in [0, 0.05) is 26.0 Å². The highest BCUT2D eigenvalue weighted by atomic mass is 19.4. The highest BCUT2D eigenvalue weighted by molar-refractivity contribution is 6.33. The molecule has 0 N–H and O–H groups in total. The second-order valence-corrected chi connectivity index (χ2v) is 3.11. The fourth-order valence-corrected chi connectivity index (χ4v) is 1.10. The molecule has 0 spiro atoms. The Morgan fingerprint density at radius 1 is 1.29 bits per heavy atom. The molecule has 0 aromatic rings. The second-order valence-electron chi connectivity index (χ2n) is 3.11. The Morgan fingerprint density at radius 2 is 1.86 bits per heavy atom. The molecule has 1 rings (SSSR count). The van der Waals surface area contributed by atoms with E-state index in [9.17, 15) is 12.9 Å². The number of rotatable bonds is 3. The Balaban J connectivity index is 0.000000364. The van der Waals surface area contributed by atoms with E-state index < -0.39 is 7.54 Å². The highest BCUT2D eigenvalue weighted by Gasteiger charge is 2.06. The first-order valence-electron chi connectivity index (χ1n) is 4.61. The van der Waals surface area contributed by atoms with Gasteiger partial charge in [0.15, 0.2) is 0 Å². The molecule has 0 amide bonds. The zero-order valence-electron chi connectivity index (χ0n) is 8.59. The number of hydrogen-bond acceptors (Lipinski definition) is 2. The molecule has 0 fully saturated rings. The van der Waals surface area contributed by atoms with Crippen molar-refractivity contribution in [1.82, 2.24) is 9.80 Å². The Hall–Kier alpha value is -0.805. The molecule has 1 aliphatic rings. The molecular weight excluding hydrogens is 192 g/mol. The van der Waals surface area contributed by atoms with Crippen LogP contribution in [0.25, 0.3) is 0 Å². The predicted molar refractivity (Wildman–Crippen MR) is 52.5 cm³/mol. The molecule has 0 aromatic heterocycles. The van der Waals surface area contributed by atoms with E-state index in [-0.39, 0.29) is 0 Å². The van der Waals surface area contributed by atoms with E-state index in [1.165, 1.54) is 19.4 Å². The van der Waals surface area contributed by atoms with Crippen molar-refractivity contribution in [3.63, 3.8) is 0 Å². The molecule has 6 heteroatoms. The Labute approximate surface area is 83.6 Å². The van der Waals surface area contributed by atoms with Gasteiger partial charge in [-0.05, 0) is 6.42 Å². The third-order valence-electron chi connectivity index (χ3n) is 1.74. The lowest BCUT2D eigenvalue weighted by molar-refractivity contribution is 0.293. The quantitative estimate of drug-likeness (QED) is 0.656. The zero-order chi connectivity index (χ0) is 11.0. The van der Waals surface area contributed by atoms with Crippen LogP contribution in [0, 0.1) is 0 Å². The molecule has 0 saturated heterocycles. The van der Waals surface area contributed by atoms with Gasteiger partial charge in [0.05, 0.1) is 6.67 Å². The highest BCUT2D eigenvalue weighted by Crippen LogP contribution is 2.04. The molecular formula is C8H16BF3N2. The minimum Gasteiger partial charge on any atom is -0.362 e. The van der Waals surface area contributed by atoms with E-state index >= 15 is 0 Å². The summed E-state index contributed by atoms with van der Waals surface area (Å²) < 4.78 is 29.0. The summed E-state index contributed by atoms with van der Waals surface area (Å²) in [5.74, 6) is 0. The van der Waals surface area contributed by atoms with Crippen LogP contribution in [-0.2, 0) is 0 Å². The summed E-state index contributed by atoms with van der Waals surface area (Å²) in [5.41, 5.74) is 0. The summed E-state index contributed by atoms with van der Waals surface area (Å²) in [4.78, 5) is 4.53. The van der Waals surface area contributed by atoms with Gasteiger partial charge in [-0.25, -0.2) is 0 Å². The summed E-state index contributed by atoms with van der Waals surface area (Å²) in [6.45, 7) is 4.50. The van der Waals surface area contributed by atoms with Gasteiger partial charge < -0.3 is 9.80 Å². The van der Waals surface area contributed by atoms with Crippen LogP contribution in [-0.4, -0.2) is 37.6 Å². The van der Waals surface area contributed by atoms with Gasteiger partial charge in [0.25, 0.3) is 0 Å². The van der Waals surface area contributed by atoms with Crippen LogP contribution in [0.1, 0.15) is 19.8 Å². The van der Waals surface area contributed by atoms with Crippen molar-refractivity contribution >= 4 is 7.54 Å². The van der Waals surface area contributed by atoms with Gasteiger partial charge >= 0.3 is 7.54 Å². The summed E-state index contributed by atoms with van der Waals surface area (Å²) in [5, 5.41) is 0. The average molecular weight is 208 g/mol. The third-order valence-corrected chi connectivity index (χ3v) is 1.74. The van der Waals surface area contributed by atoms with Gasteiger partial charge in [0.1, 0.15) is 0 Å². The first-order valence-corrected chi connectivity index (χ1v) is 4.61. The number of unbranched alkanes of at least 4 members (excludes halogenated alkanes) is 1. The van der Waals surface area contributed by atoms with E-state index in [0.29, 0.717) is 0 Å². The van der Waals surface area contributed by atoms with E-state index in [2.05, 4.69) is 36.2 Å². The molecule has 1 heterocycles. The molecule has 0 radical (unpaired) electrons. The monoisotopic (exact) mass is 208 g/mol. The van der Waals surface area contributed by atoms with Crippen LogP contribution in [0.4, 0.5) is 12.9 Å². The summed E-state index contributed by atoms with van der Waals surface area (Å²) in [7, 11) is -1.57. The standard InChI is InChI=1S/C8H16N2.BF3/c1-3-4-5-10-7-6-9(2)8-10;2-1(3)4/h6-7H,3-5,8H2,1-2H3;. The van der Waals surface area contributed by atoms with Gasteiger partial charge in [-0.15, -0.1) is 0 Å². The summed E-state index contributed by atoms with van der Waals surface area (Å²) in [6.07, 6.45) is 6.87. The van der Waals surface area contributed by atoms with Crippen LogP contribution in [0.2, 0.25) is 0 Å². The van der Waals surface area contributed by atoms with Gasteiger partial charge in [0.2, 0.25) is 0 Å². The molecule has 0 aromatic carbocycles. The molecule has 1 aliphatic heterocycles. The molecule has 0 aliphatic carbocycles. The summed E-state index contributed by atoms with van der Waals surface area (Å²) in [6, 6.07) is 0. The molecule has 14 heavy (non-hydrogen) atoms. The first-order chi connectivity index (χ1) is 6.56. The van der Waals surface area contributed by atoms with E-state index in [1.807, 2.05) is 0 Å². The van der Waals surface area contributed by atoms with Crippen molar-refractivity contribution in [2.75, 3.05) is 20.3 Å². The number of halogens is 3. The smallest absolute Gasteiger partial charge is 0.362 e. The van der Waals surface area contributed by atoms with E-state index in [1.54, 1.807) is 0 Å². The lowest BCUT2D eigenvalue weighted by atomic mass is 10.3. The topological polar surface area (TPSA) is 6.48 Å². The molecule has 2 nitrogen and oxygen atoms in total. The van der Waals surface area contributed by atoms with Gasteiger partial charge in [-0.1, -0.05) is 13.3 Å². The van der Waals surface area contributed by atoms with Crippen molar-refractivity contribution in [3.8, 4) is 0 Å². The van der Waals surface area contributed by atoms with Crippen LogP contribution in [0.3, 0.4) is 0 Å². The normalized spacial score (nSPS) is 14.1. The van der Waals surface area contributed by atoms with Crippen molar-refractivity contribution in [2.45, 2.75) is 19.8 Å². The molecule has 82 valence electrons. The van der Waals surface area contributed by atoms with Gasteiger partial charge in [-0.2, -0.15) is 0 Å². The fourth-order valence-electron chi connectivity index (χ4n) is 1.10. The third kappa shape index (κ3) is 7.82. The molecule has 0 bridgehead atoms. The molecule has 0 atom stereocenters. The predicted octanol–water partition coefficient (Wildman–Crippen LogP) is 2.34. The maximum absolute atomic E-state index is 9.67.